The van der Waals surface area contributed by atoms with Crippen molar-refractivity contribution in [3.63, 3.8) is 0 Å². The molecule has 2 N–H and O–H groups in total. The average Bonchev–Trinajstić information content (AvgIpc) is 2.28. The summed E-state index contributed by atoms with van der Waals surface area (Å²) in [5.41, 5.74) is 0.559. The lowest BCUT2D eigenvalue weighted by atomic mass is 10.0. The first-order valence-corrected chi connectivity index (χ1v) is 6.18. The Bertz CT molecular complexity index is 346. The highest BCUT2D eigenvalue weighted by Gasteiger charge is 2.21. The van der Waals surface area contributed by atoms with Gasteiger partial charge < -0.3 is 14.9 Å². The van der Waals surface area contributed by atoms with E-state index < -0.39 is 12.2 Å². The zero-order valence-corrected chi connectivity index (χ0v) is 11.2. The van der Waals surface area contributed by atoms with Gasteiger partial charge in [0.2, 0.25) is 0 Å². The number of aliphatic hydroxyl groups is 2. The Morgan fingerprint density at radius 1 is 1.44 bits per heavy atom. The summed E-state index contributed by atoms with van der Waals surface area (Å²) in [5.74, 6) is 0.840. The highest BCUT2D eigenvalue weighted by Crippen LogP contribution is 2.30. The summed E-state index contributed by atoms with van der Waals surface area (Å²) in [6.07, 6.45) is -1.53. The molecule has 5 heteroatoms. The minimum Gasteiger partial charge on any atom is -0.496 e. The molecule has 1 rings (SSSR count). The summed E-state index contributed by atoms with van der Waals surface area (Å²) >= 11 is 8.83. The molecule has 0 aliphatic rings. The summed E-state index contributed by atoms with van der Waals surface area (Å²) in [4.78, 5) is 0. The molecule has 0 heterocycles. The minimum atomic E-state index is -0.984. The average molecular weight is 310 g/mol. The van der Waals surface area contributed by atoms with Crippen LogP contribution in [0.4, 0.5) is 0 Å². The van der Waals surface area contributed by atoms with E-state index in [1.807, 2.05) is 0 Å². The van der Waals surface area contributed by atoms with Gasteiger partial charge in [0.05, 0.1) is 13.2 Å². The number of halogens is 2. The Morgan fingerprint density at radius 3 is 2.69 bits per heavy atom. The first kappa shape index (κ1) is 13.8. The predicted octanol–water partition coefficient (Wildman–Crippen LogP) is 2.48. The molecule has 0 aromatic heterocycles. The van der Waals surface area contributed by atoms with Gasteiger partial charge in [-0.25, -0.2) is 0 Å². The molecule has 16 heavy (non-hydrogen) atoms. The van der Waals surface area contributed by atoms with Crippen molar-refractivity contribution in [1.29, 1.82) is 0 Å². The van der Waals surface area contributed by atoms with Gasteiger partial charge in [-0.3, -0.25) is 0 Å². The van der Waals surface area contributed by atoms with Crippen LogP contribution in [0.2, 0.25) is 0 Å². The third kappa shape index (κ3) is 3.35. The molecule has 0 aliphatic heterocycles. The van der Waals surface area contributed by atoms with Crippen molar-refractivity contribution >= 4 is 27.5 Å². The largest absolute Gasteiger partial charge is 0.496 e. The molecular formula is C11H14BrClO3. The summed E-state index contributed by atoms with van der Waals surface area (Å²) in [5, 5.41) is 19.6. The van der Waals surface area contributed by atoms with Crippen LogP contribution in [-0.4, -0.2) is 29.3 Å². The van der Waals surface area contributed by atoms with Crippen LogP contribution in [0.15, 0.2) is 22.7 Å². The van der Waals surface area contributed by atoms with E-state index >= 15 is 0 Å². The minimum absolute atomic E-state index is 0.303. The Hall–Kier alpha value is -0.290. The van der Waals surface area contributed by atoms with Crippen molar-refractivity contribution in [3.05, 3.63) is 28.2 Å². The third-order valence-corrected chi connectivity index (χ3v) is 2.99. The molecule has 0 fully saturated rings. The van der Waals surface area contributed by atoms with Gasteiger partial charge >= 0.3 is 0 Å². The van der Waals surface area contributed by atoms with E-state index in [9.17, 15) is 10.2 Å². The van der Waals surface area contributed by atoms with Crippen molar-refractivity contribution in [2.45, 2.75) is 18.6 Å². The van der Waals surface area contributed by atoms with Crippen LogP contribution < -0.4 is 4.74 Å². The van der Waals surface area contributed by atoms with E-state index in [1.165, 1.54) is 7.11 Å². The molecule has 1 aromatic rings. The number of aliphatic hydroxyl groups excluding tert-OH is 2. The van der Waals surface area contributed by atoms with Gasteiger partial charge in [0.1, 0.15) is 11.9 Å². The third-order valence-electron chi connectivity index (χ3n) is 2.28. The van der Waals surface area contributed by atoms with E-state index in [0.717, 1.165) is 4.47 Å². The van der Waals surface area contributed by atoms with E-state index in [2.05, 4.69) is 15.9 Å². The van der Waals surface area contributed by atoms with Gasteiger partial charge in [-0.15, -0.1) is 11.6 Å². The maximum atomic E-state index is 9.92. The summed E-state index contributed by atoms with van der Waals surface area (Å²) in [6, 6.07) is 5.24. The van der Waals surface area contributed by atoms with E-state index in [4.69, 9.17) is 16.3 Å². The zero-order chi connectivity index (χ0) is 12.1. The Morgan fingerprint density at radius 2 is 2.12 bits per heavy atom. The van der Waals surface area contributed by atoms with E-state index in [0.29, 0.717) is 23.6 Å². The van der Waals surface area contributed by atoms with Crippen LogP contribution in [0.5, 0.6) is 5.75 Å². The second-order valence-corrected chi connectivity index (χ2v) is 4.67. The van der Waals surface area contributed by atoms with Crippen LogP contribution in [0.25, 0.3) is 0 Å². The fourth-order valence-electron chi connectivity index (χ4n) is 1.41. The van der Waals surface area contributed by atoms with E-state index in [1.54, 1.807) is 18.2 Å². The highest BCUT2D eigenvalue weighted by molar-refractivity contribution is 9.10. The number of rotatable bonds is 5. The van der Waals surface area contributed by atoms with Gasteiger partial charge in [0.25, 0.3) is 0 Å². The molecule has 2 unspecified atom stereocenters. The molecule has 0 aliphatic carbocycles. The van der Waals surface area contributed by atoms with Crippen LogP contribution in [0.3, 0.4) is 0 Å². The molecule has 0 saturated heterocycles. The Balaban J connectivity index is 2.93. The molecule has 3 nitrogen and oxygen atoms in total. The lowest BCUT2D eigenvalue weighted by Gasteiger charge is -2.19. The van der Waals surface area contributed by atoms with E-state index in [-0.39, 0.29) is 0 Å². The number of benzene rings is 1. The molecule has 0 spiro atoms. The molecule has 0 bridgehead atoms. The number of hydrogen-bond donors (Lipinski definition) is 2. The topological polar surface area (TPSA) is 49.7 Å². The maximum Gasteiger partial charge on any atom is 0.125 e. The lowest BCUT2D eigenvalue weighted by molar-refractivity contribution is 0.0156. The van der Waals surface area contributed by atoms with Crippen molar-refractivity contribution in [3.8, 4) is 5.75 Å². The quantitative estimate of drug-likeness (QED) is 0.822. The van der Waals surface area contributed by atoms with Crippen LogP contribution >= 0.6 is 27.5 Å². The van der Waals surface area contributed by atoms with Gasteiger partial charge in [-0.05, 0) is 18.6 Å². The molecule has 1 aromatic carbocycles. The number of hydrogen-bond acceptors (Lipinski definition) is 3. The van der Waals surface area contributed by atoms with Crippen LogP contribution in [0, 0.1) is 0 Å². The standard InChI is InChI=1S/C11H14BrClO3/c1-16-10-6-7(12)2-3-8(10)11(15)9(14)4-5-13/h2-3,6,9,11,14-15H,4-5H2,1H3. The molecule has 0 radical (unpaired) electrons. The summed E-state index contributed by atoms with van der Waals surface area (Å²) in [7, 11) is 1.52. The monoisotopic (exact) mass is 308 g/mol. The predicted molar refractivity (Wildman–Crippen MR) is 67.0 cm³/mol. The van der Waals surface area contributed by atoms with Gasteiger partial charge in [0, 0.05) is 15.9 Å². The maximum absolute atomic E-state index is 9.92. The molecular weight excluding hydrogens is 295 g/mol. The van der Waals surface area contributed by atoms with Gasteiger partial charge in [-0.2, -0.15) is 0 Å². The second-order valence-electron chi connectivity index (χ2n) is 3.38. The van der Waals surface area contributed by atoms with Gasteiger partial charge in [-0.1, -0.05) is 22.0 Å². The molecule has 2 atom stereocenters. The lowest BCUT2D eigenvalue weighted by Crippen LogP contribution is -2.19. The Kier molecular flexibility index (Phi) is 5.55. The van der Waals surface area contributed by atoms with Crippen molar-refractivity contribution in [2.75, 3.05) is 13.0 Å². The first-order chi connectivity index (χ1) is 7.60. The number of ether oxygens (including phenoxy) is 1. The zero-order valence-electron chi connectivity index (χ0n) is 8.86. The van der Waals surface area contributed by atoms with Crippen LogP contribution in [0.1, 0.15) is 18.1 Å². The fraction of sp³-hybridized carbons (Fsp3) is 0.455. The normalized spacial score (nSPS) is 14.6. The fourth-order valence-corrected chi connectivity index (χ4v) is 1.97. The summed E-state index contributed by atoms with van der Waals surface area (Å²) < 4.78 is 6.00. The number of methoxy groups -OCH3 is 1. The highest BCUT2D eigenvalue weighted by atomic mass is 79.9. The summed E-state index contributed by atoms with van der Waals surface area (Å²) in [6.45, 7) is 0. The first-order valence-electron chi connectivity index (χ1n) is 4.85. The number of alkyl halides is 1. The van der Waals surface area contributed by atoms with Gasteiger partial charge in [0.15, 0.2) is 0 Å². The molecule has 90 valence electrons. The smallest absolute Gasteiger partial charge is 0.125 e. The SMILES string of the molecule is COc1cc(Br)ccc1C(O)C(O)CCCl. The van der Waals surface area contributed by atoms with Crippen molar-refractivity contribution in [1.82, 2.24) is 0 Å². The van der Waals surface area contributed by atoms with Crippen molar-refractivity contribution < 1.29 is 14.9 Å². The van der Waals surface area contributed by atoms with Crippen LogP contribution in [-0.2, 0) is 0 Å². The molecule has 0 amide bonds. The molecule has 0 saturated carbocycles. The second kappa shape index (κ2) is 6.45. The van der Waals surface area contributed by atoms with Crippen molar-refractivity contribution in [2.24, 2.45) is 0 Å². The Labute approximate surface area is 108 Å².